The van der Waals surface area contributed by atoms with Crippen molar-refractivity contribution >= 4 is 38.7 Å². The van der Waals surface area contributed by atoms with Crippen LogP contribution in [-0.4, -0.2) is 30.9 Å². The molecule has 0 saturated carbocycles. The summed E-state index contributed by atoms with van der Waals surface area (Å²) in [5.74, 6) is -0.303. The number of piperidine rings is 1. The molecular formula is C19H22FN3O2S2. The molecule has 0 bridgehead atoms. The van der Waals surface area contributed by atoms with Crippen molar-refractivity contribution in [2.75, 3.05) is 23.7 Å². The predicted octanol–water partition coefficient (Wildman–Crippen LogP) is 4.12. The fourth-order valence-corrected chi connectivity index (χ4v) is 4.76. The molecule has 1 saturated heterocycles. The number of nitrogens with zero attached hydrogens (tertiary/aromatic N) is 1. The van der Waals surface area contributed by atoms with Gasteiger partial charge in [0.25, 0.3) is 0 Å². The Kier molecular flexibility index (Phi) is 6.08. The summed E-state index contributed by atoms with van der Waals surface area (Å²) in [7, 11) is -3.44. The van der Waals surface area contributed by atoms with Gasteiger partial charge in [0.1, 0.15) is 5.82 Å². The van der Waals surface area contributed by atoms with Crippen LogP contribution in [0.25, 0.3) is 0 Å². The number of thiocarbonyl (C=S) groups is 1. The van der Waals surface area contributed by atoms with Gasteiger partial charge in [-0.25, -0.2) is 12.8 Å². The zero-order valence-electron chi connectivity index (χ0n) is 15.0. The van der Waals surface area contributed by atoms with Crippen LogP contribution in [0.5, 0.6) is 0 Å². The van der Waals surface area contributed by atoms with E-state index in [4.69, 9.17) is 12.2 Å². The Balaban J connectivity index is 1.65. The Hall–Kier alpha value is -2.03. The maximum atomic E-state index is 13.2. The van der Waals surface area contributed by atoms with Crippen molar-refractivity contribution in [2.45, 2.75) is 31.1 Å². The van der Waals surface area contributed by atoms with Crippen LogP contribution in [-0.2, 0) is 10.0 Å². The highest BCUT2D eigenvalue weighted by atomic mass is 32.2. The normalized spacial score (nSPS) is 15.3. The summed E-state index contributed by atoms with van der Waals surface area (Å²) >= 11 is 5.28. The molecule has 0 atom stereocenters. The minimum Gasteiger partial charge on any atom is -0.332 e. The largest absolute Gasteiger partial charge is 0.332 e. The van der Waals surface area contributed by atoms with Gasteiger partial charge in [-0.2, -0.15) is 4.31 Å². The molecule has 0 unspecified atom stereocenters. The van der Waals surface area contributed by atoms with Crippen LogP contribution in [0, 0.1) is 12.7 Å². The van der Waals surface area contributed by atoms with Crippen molar-refractivity contribution in [1.82, 2.24) is 4.31 Å². The lowest BCUT2D eigenvalue weighted by Crippen LogP contribution is -2.35. The summed E-state index contributed by atoms with van der Waals surface area (Å²) in [6.45, 7) is 2.94. The molecule has 0 aliphatic carbocycles. The molecule has 1 heterocycles. The van der Waals surface area contributed by atoms with Gasteiger partial charge < -0.3 is 10.6 Å². The second-order valence-corrected chi connectivity index (χ2v) is 8.87. The quantitative estimate of drug-likeness (QED) is 0.747. The molecule has 1 fully saturated rings. The van der Waals surface area contributed by atoms with Crippen molar-refractivity contribution < 1.29 is 12.8 Å². The second-order valence-electron chi connectivity index (χ2n) is 6.53. The van der Waals surface area contributed by atoms with E-state index in [1.165, 1.54) is 12.1 Å². The average molecular weight is 408 g/mol. The van der Waals surface area contributed by atoms with Crippen LogP contribution >= 0.6 is 12.2 Å². The number of hydrogen-bond acceptors (Lipinski definition) is 3. The molecule has 27 heavy (non-hydrogen) atoms. The topological polar surface area (TPSA) is 61.4 Å². The first-order chi connectivity index (χ1) is 12.9. The van der Waals surface area contributed by atoms with E-state index in [-0.39, 0.29) is 10.7 Å². The van der Waals surface area contributed by atoms with Crippen LogP contribution in [0.3, 0.4) is 0 Å². The van der Waals surface area contributed by atoms with Crippen molar-refractivity contribution in [3.05, 3.63) is 53.8 Å². The Morgan fingerprint density at radius 1 is 1.04 bits per heavy atom. The Morgan fingerprint density at radius 2 is 1.70 bits per heavy atom. The van der Waals surface area contributed by atoms with Gasteiger partial charge >= 0.3 is 0 Å². The highest BCUT2D eigenvalue weighted by molar-refractivity contribution is 7.89. The molecule has 1 aliphatic rings. The number of nitrogens with one attached hydrogen (secondary N) is 2. The van der Waals surface area contributed by atoms with Crippen molar-refractivity contribution in [3.8, 4) is 0 Å². The SMILES string of the molecule is Cc1cc(F)ccc1NC(=S)Nc1ccc(S(=O)(=O)N2CCCCC2)cc1. The third-order valence-electron chi connectivity index (χ3n) is 4.50. The van der Waals surface area contributed by atoms with Crippen molar-refractivity contribution in [3.63, 3.8) is 0 Å². The molecule has 0 spiro atoms. The summed E-state index contributed by atoms with van der Waals surface area (Å²) in [4.78, 5) is 0.281. The van der Waals surface area contributed by atoms with E-state index in [9.17, 15) is 12.8 Å². The molecule has 3 rings (SSSR count). The van der Waals surface area contributed by atoms with E-state index in [2.05, 4.69) is 10.6 Å². The van der Waals surface area contributed by atoms with Crippen molar-refractivity contribution in [1.29, 1.82) is 0 Å². The van der Waals surface area contributed by atoms with E-state index in [1.54, 1.807) is 41.6 Å². The van der Waals surface area contributed by atoms with Crippen LogP contribution in [0.2, 0.25) is 0 Å². The van der Waals surface area contributed by atoms with Gasteiger partial charge in [-0.15, -0.1) is 0 Å². The zero-order chi connectivity index (χ0) is 19.4. The van der Waals surface area contributed by atoms with Gasteiger partial charge in [-0.1, -0.05) is 6.42 Å². The number of rotatable bonds is 4. The minimum atomic E-state index is -3.44. The molecule has 2 aromatic carbocycles. The standard InChI is InChI=1S/C19H22FN3O2S2/c1-14-13-15(20)5-10-18(14)22-19(26)21-16-6-8-17(9-7-16)27(24,25)23-11-3-2-4-12-23/h5-10,13H,2-4,11-12H2,1H3,(H2,21,22,26). The second kappa shape index (κ2) is 8.33. The molecule has 5 nitrogen and oxygen atoms in total. The number of aryl methyl sites for hydroxylation is 1. The highest BCUT2D eigenvalue weighted by Gasteiger charge is 2.25. The number of hydrogen-bond donors (Lipinski definition) is 2. The smallest absolute Gasteiger partial charge is 0.243 e. The third-order valence-corrected chi connectivity index (χ3v) is 6.62. The Bertz CT molecular complexity index is 924. The van der Waals surface area contributed by atoms with Gasteiger partial charge in [0, 0.05) is 24.5 Å². The van der Waals surface area contributed by atoms with Gasteiger partial charge in [0.05, 0.1) is 4.90 Å². The lowest BCUT2D eigenvalue weighted by Gasteiger charge is -2.25. The van der Waals surface area contributed by atoms with Gasteiger partial charge in [-0.3, -0.25) is 0 Å². The fraction of sp³-hybridized carbons (Fsp3) is 0.316. The summed E-state index contributed by atoms with van der Waals surface area (Å²) < 4.78 is 40.0. The predicted molar refractivity (Wildman–Crippen MR) is 110 cm³/mol. The fourth-order valence-electron chi connectivity index (χ4n) is 3.02. The van der Waals surface area contributed by atoms with Crippen LogP contribution in [0.4, 0.5) is 15.8 Å². The summed E-state index contributed by atoms with van der Waals surface area (Å²) in [5.41, 5.74) is 2.12. The van der Waals surface area contributed by atoms with E-state index < -0.39 is 10.0 Å². The summed E-state index contributed by atoms with van der Waals surface area (Å²) in [6, 6.07) is 10.9. The molecule has 0 radical (unpaired) electrons. The van der Waals surface area contributed by atoms with E-state index in [0.29, 0.717) is 29.6 Å². The molecule has 0 amide bonds. The molecular weight excluding hydrogens is 385 g/mol. The number of halogens is 1. The average Bonchev–Trinajstić information content (AvgIpc) is 2.65. The Morgan fingerprint density at radius 3 is 2.33 bits per heavy atom. The monoisotopic (exact) mass is 407 g/mol. The maximum Gasteiger partial charge on any atom is 0.243 e. The lowest BCUT2D eigenvalue weighted by molar-refractivity contribution is 0.346. The van der Waals surface area contributed by atoms with Crippen LogP contribution in [0.15, 0.2) is 47.4 Å². The van der Waals surface area contributed by atoms with Gasteiger partial charge in [0.15, 0.2) is 5.11 Å². The maximum absolute atomic E-state index is 13.2. The molecule has 0 aromatic heterocycles. The first-order valence-electron chi connectivity index (χ1n) is 8.80. The Labute approximate surface area is 164 Å². The molecule has 144 valence electrons. The van der Waals surface area contributed by atoms with E-state index >= 15 is 0 Å². The minimum absolute atomic E-state index is 0.281. The van der Waals surface area contributed by atoms with Crippen molar-refractivity contribution in [2.24, 2.45) is 0 Å². The molecule has 8 heteroatoms. The number of sulfonamides is 1. The third kappa shape index (κ3) is 4.82. The summed E-state index contributed by atoms with van der Waals surface area (Å²) in [5, 5.41) is 6.36. The lowest BCUT2D eigenvalue weighted by atomic mass is 10.2. The zero-order valence-corrected chi connectivity index (χ0v) is 16.7. The van der Waals surface area contributed by atoms with Crippen LogP contribution < -0.4 is 10.6 Å². The highest BCUT2D eigenvalue weighted by Crippen LogP contribution is 2.22. The first kappa shape index (κ1) is 19.7. The number of benzene rings is 2. The number of anilines is 2. The van der Waals surface area contributed by atoms with Gasteiger partial charge in [-0.05, 0) is 80.0 Å². The van der Waals surface area contributed by atoms with E-state index in [0.717, 1.165) is 24.8 Å². The van der Waals surface area contributed by atoms with Gasteiger partial charge in [0.2, 0.25) is 10.0 Å². The summed E-state index contributed by atoms with van der Waals surface area (Å²) in [6.07, 6.45) is 2.88. The first-order valence-corrected chi connectivity index (χ1v) is 10.7. The van der Waals surface area contributed by atoms with E-state index in [1.807, 2.05) is 0 Å². The molecule has 1 aliphatic heterocycles. The molecule has 2 N–H and O–H groups in total. The van der Waals surface area contributed by atoms with Crippen LogP contribution in [0.1, 0.15) is 24.8 Å². The molecule has 2 aromatic rings.